The summed E-state index contributed by atoms with van der Waals surface area (Å²) in [5.41, 5.74) is 2.42. The van der Waals surface area contributed by atoms with Crippen LogP contribution in [0.15, 0.2) is 24.3 Å². The van der Waals surface area contributed by atoms with Crippen LogP contribution in [0.4, 0.5) is 5.69 Å². The Morgan fingerprint density at radius 2 is 1.89 bits per heavy atom. The van der Waals surface area contributed by atoms with Crippen molar-refractivity contribution in [1.82, 2.24) is 4.90 Å². The number of likely N-dealkylation sites (tertiary alicyclic amines) is 1. The fraction of sp³-hybridized carbons (Fsp3) is 0.600. The van der Waals surface area contributed by atoms with Crippen molar-refractivity contribution in [2.45, 2.75) is 38.5 Å². The predicted octanol–water partition coefficient (Wildman–Crippen LogP) is 2.10. The lowest BCUT2D eigenvalue weighted by Gasteiger charge is -2.33. The number of hydrogen-bond donors (Lipinski definition) is 1. The van der Waals surface area contributed by atoms with Gasteiger partial charge in [0.25, 0.3) is 0 Å². The zero-order valence-corrected chi connectivity index (χ0v) is 11.8. The molecule has 1 N–H and O–H groups in total. The van der Waals surface area contributed by atoms with Crippen molar-refractivity contribution in [1.29, 1.82) is 0 Å². The summed E-state index contributed by atoms with van der Waals surface area (Å²) in [7, 11) is 4.10. The first kappa shape index (κ1) is 13.4. The topological polar surface area (TPSA) is 26.7 Å². The van der Waals surface area contributed by atoms with Crippen molar-refractivity contribution < 1.29 is 5.11 Å². The summed E-state index contributed by atoms with van der Waals surface area (Å²) in [6.45, 7) is 6.14. The number of anilines is 1. The van der Waals surface area contributed by atoms with Gasteiger partial charge in [-0.2, -0.15) is 0 Å². The molecule has 1 aromatic rings. The van der Waals surface area contributed by atoms with Crippen molar-refractivity contribution in [3.8, 4) is 0 Å². The Bertz CT molecular complexity index is 397. The second-order valence-electron chi connectivity index (χ2n) is 5.94. The SMILES string of the molecule is CN(C)c1ccc(CN2CCC(O)C2(C)C)cc1. The van der Waals surface area contributed by atoms with Crippen LogP contribution >= 0.6 is 0 Å². The summed E-state index contributed by atoms with van der Waals surface area (Å²) < 4.78 is 0. The average Bonchev–Trinajstić information content (AvgIpc) is 2.57. The molecule has 3 heteroatoms. The van der Waals surface area contributed by atoms with E-state index in [0.717, 1.165) is 19.5 Å². The molecule has 1 aromatic carbocycles. The minimum atomic E-state index is -0.210. The molecule has 1 aliphatic rings. The van der Waals surface area contributed by atoms with E-state index in [-0.39, 0.29) is 11.6 Å². The molecule has 3 nitrogen and oxygen atoms in total. The summed E-state index contributed by atoms with van der Waals surface area (Å²) in [6, 6.07) is 8.65. The van der Waals surface area contributed by atoms with Crippen molar-refractivity contribution >= 4 is 5.69 Å². The first-order chi connectivity index (χ1) is 8.41. The summed E-state index contributed by atoms with van der Waals surface area (Å²) in [6.07, 6.45) is 0.668. The highest BCUT2D eigenvalue weighted by Crippen LogP contribution is 2.30. The van der Waals surface area contributed by atoms with Gasteiger partial charge in [0.15, 0.2) is 0 Å². The standard InChI is InChI=1S/C15H24N2O/c1-15(2)14(18)9-10-17(15)11-12-5-7-13(8-6-12)16(3)4/h5-8,14,18H,9-11H2,1-4H3. The Hall–Kier alpha value is -1.06. The maximum atomic E-state index is 9.97. The van der Waals surface area contributed by atoms with Crippen molar-refractivity contribution in [2.24, 2.45) is 0 Å². The number of aliphatic hydroxyl groups excluding tert-OH is 1. The van der Waals surface area contributed by atoms with Gasteiger partial charge >= 0.3 is 0 Å². The number of rotatable bonds is 3. The molecule has 1 heterocycles. The molecule has 0 saturated carbocycles. The third-order valence-corrected chi connectivity index (χ3v) is 4.13. The van der Waals surface area contributed by atoms with Crippen LogP contribution in [-0.2, 0) is 6.54 Å². The van der Waals surface area contributed by atoms with Crippen LogP contribution in [0.2, 0.25) is 0 Å². The van der Waals surface area contributed by atoms with E-state index in [1.54, 1.807) is 0 Å². The van der Waals surface area contributed by atoms with Gasteiger partial charge in [0.05, 0.1) is 6.10 Å². The molecule has 0 aliphatic carbocycles. The van der Waals surface area contributed by atoms with Crippen molar-refractivity contribution in [3.63, 3.8) is 0 Å². The predicted molar refractivity (Wildman–Crippen MR) is 75.9 cm³/mol. The molecule has 1 aliphatic heterocycles. The summed E-state index contributed by atoms with van der Waals surface area (Å²) in [5, 5.41) is 9.97. The zero-order valence-electron chi connectivity index (χ0n) is 11.8. The van der Waals surface area contributed by atoms with E-state index in [1.807, 2.05) is 0 Å². The van der Waals surface area contributed by atoms with Gasteiger partial charge in [-0.05, 0) is 38.0 Å². The molecule has 1 atom stereocenters. The minimum Gasteiger partial charge on any atom is -0.391 e. The largest absolute Gasteiger partial charge is 0.391 e. The van der Waals surface area contributed by atoms with Gasteiger partial charge in [-0.1, -0.05) is 12.1 Å². The number of aliphatic hydroxyl groups is 1. The van der Waals surface area contributed by atoms with Gasteiger partial charge in [0, 0.05) is 38.4 Å². The number of benzene rings is 1. The molecule has 0 amide bonds. The van der Waals surface area contributed by atoms with Gasteiger partial charge in [0.2, 0.25) is 0 Å². The second kappa shape index (κ2) is 4.90. The normalized spacial score (nSPS) is 23.3. The zero-order chi connectivity index (χ0) is 13.3. The Morgan fingerprint density at radius 1 is 1.28 bits per heavy atom. The molecule has 2 rings (SSSR count). The van der Waals surface area contributed by atoms with Crippen LogP contribution < -0.4 is 4.90 Å². The van der Waals surface area contributed by atoms with Crippen molar-refractivity contribution in [3.05, 3.63) is 29.8 Å². The van der Waals surface area contributed by atoms with Crippen LogP contribution in [0, 0.1) is 0 Å². The maximum absolute atomic E-state index is 9.97. The molecule has 1 unspecified atom stereocenters. The summed E-state index contributed by atoms with van der Waals surface area (Å²) in [5.74, 6) is 0. The molecule has 100 valence electrons. The molecule has 0 spiro atoms. The lowest BCUT2D eigenvalue weighted by atomic mass is 9.98. The molecule has 0 aromatic heterocycles. The monoisotopic (exact) mass is 248 g/mol. The molecule has 1 fully saturated rings. The highest BCUT2D eigenvalue weighted by Gasteiger charge is 2.39. The van der Waals surface area contributed by atoms with E-state index in [4.69, 9.17) is 0 Å². The van der Waals surface area contributed by atoms with Crippen molar-refractivity contribution in [2.75, 3.05) is 25.5 Å². The van der Waals surface area contributed by atoms with Crippen LogP contribution in [-0.4, -0.2) is 42.3 Å². The maximum Gasteiger partial charge on any atom is 0.0730 e. The van der Waals surface area contributed by atoms with Crippen LogP contribution in [0.1, 0.15) is 25.8 Å². The van der Waals surface area contributed by atoms with E-state index in [2.05, 4.69) is 62.0 Å². The van der Waals surface area contributed by atoms with Crippen LogP contribution in [0.25, 0.3) is 0 Å². The fourth-order valence-corrected chi connectivity index (χ4v) is 2.53. The average molecular weight is 248 g/mol. The van der Waals surface area contributed by atoms with Gasteiger partial charge in [-0.25, -0.2) is 0 Å². The fourth-order valence-electron chi connectivity index (χ4n) is 2.53. The molecule has 1 saturated heterocycles. The molecule has 18 heavy (non-hydrogen) atoms. The minimum absolute atomic E-state index is 0.111. The summed E-state index contributed by atoms with van der Waals surface area (Å²) in [4.78, 5) is 4.47. The second-order valence-corrected chi connectivity index (χ2v) is 5.94. The van der Waals surface area contributed by atoms with E-state index >= 15 is 0 Å². The highest BCUT2D eigenvalue weighted by molar-refractivity contribution is 5.46. The Labute approximate surface area is 110 Å². The smallest absolute Gasteiger partial charge is 0.0730 e. The van der Waals surface area contributed by atoms with E-state index in [0.29, 0.717) is 0 Å². The molecular formula is C15H24N2O. The highest BCUT2D eigenvalue weighted by atomic mass is 16.3. The van der Waals surface area contributed by atoms with Gasteiger partial charge in [0.1, 0.15) is 0 Å². The quantitative estimate of drug-likeness (QED) is 0.887. The van der Waals surface area contributed by atoms with E-state index in [9.17, 15) is 5.11 Å². The van der Waals surface area contributed by atoms with Gasteiger partial charge in [-0.15, -0.1) is 0 Å². The Kier molecular flexibility index (Phi) is 3.64. The first-order valence-corrected chi connectivity index (χ1v) is 6.60. The number of nitrogens with zero attached hydrogens (tertiary/aromatic N) is 2. The van der Waals surface area contributed by atoms with Crippen LogP contribution in [0.3, 0.4) is 0 Å². The summed E-state index contributed by atoms with van der Waals surface area (Å²) >= 11 is 0. The van der Waals surface area contributed by atoms with E-state index in [1.165, 1.54) is 11.3 Å². The lowest BCUT2D eigenvalue weighted by Crippen LogP contribution is -2.44. The third-order valence-electron chi connectivity index (χ3n) is 4.13. The Morgan fingerprint density at radius 3 is 2.33 bits per heavy atom. The third kappa shape index (κ3) is 2.52. The molecular weight excluding hydrogens is 224 g/mol. The van der Waals surface area contributed by atoms with E-state index < -0.39 is 0 Å². The first-order valence-electron chi connectivity index (χ1n) is 6.60. The Balaban J connectivity index is 2.06. The molecule has 0 radical (unpaired) electrons. The lowest BCUT2D eigenvalue weighted by molar-refractivity contribution is 0.0506. The van der Waals surface area contributed by atoms with Gasteiger partial charge < -0.3 is 10.0 Å². The molecule has 0 bridgehead atoms. The van der Waals surface area contributed by atoms with Gasteiger partial charge in [-0.3, -0.25) is 4.90 Å². The number of hydrogen-bond acceptors (Lipinski definition) is 3. The van der Waals surface area contributed by atoms with Crippen LogP contribution in [0.5, 0.6) is 0 Å².